The summed E-state index contributed by atoms with van der Waals surface area (Å²) in [6, 6.07) is 20.4. The van der Waals surface area contributed by atoms with Gasteiger partial charge in [-0.2, -0.15) is 15.8 Å². The monoisotopic (exact) mass is 313 g/mol. The molecule has 2 aromatic carbocycles. The standard InChI is InChI=1S/C18H11N5O/c19-10-14(11-20)17(12-21)22-15-7-4-8-16(9-15)23-18(24)13-5-2-1-3-6-13/h1-9,22H,(H,23,24). The summed E-state index contributed by atoms with van der Waals surface area (Å²) < 4.78 is 0. The quantitative estimate of drug-likeness (QED) is 0.842. The number of nitriles is 3. The molecule has 24 heavy (non-hydrogen) atoms. The van der Waals surface area contributed by atoms with Crippen molar-refractivity contribution >= 4 is 17.3 Å². The first kappa shape index (κ1) is 16.3. The Morgan fingerprint density at radius 3 is 2.00 bits per heavy atom. The summed E-state index contributed by atoms with van der Waals surface area (Å²) in [5.41, 5.74) is 1.05. The number of anilines is 2. The second-order valence-corrected chi connectivity index (χ2v) is 4.61. The minimum absolute atomic E-state index is 0.147. The third-order valence-electron chi connectivity index (χ3n) is 3.01. The van der Waals surface area contributed by atoms with Gasteiger partial charge in [-0.1, -0.05) is 24.3 Å². The highest BCUT2D eigenvalue weighted by molar-refractivity contribution is 6.04. The highest BCUT2D eigenvalue weighted by Gasteiger charge is 2.08. The highest BCUT2D eigenvalue weighted by Crippen LogP contribution is 2.18. The van der Waals surface area contributed by atoms with Crippen molar-refractivity contribution in [2.75, 3.05) is 10.6 Å². The van der Waals surface area contributed by atoms with Gasteiger partial charge in [-0.15, -0.1) is 0 Å². The molecular weight excluding hydrogens is 302 g/mol. The number of benzene rings is 2. The Morgan fingerprint density at radius 2 is 1.42 bits per heavy atom. The first-order valence-electron chi connectivity index (χ1n) is 6.86. The van der Waals surface area contributed by atoms with Crippen LogP contribution in [-0.4, -0.2) is 5.91 Å². The van der Waals surface area contributed by atoms with Gasteiger partial charge in [0, 0.05) is 16.9 Å². The van der Waals surface area contributed by atoms with Crippen LogP contribution in [0.25, 0.3) is 0 Å². The molecule has 0 fully saturated rings. The normalized spacial score (nSPS) is 8.88. The number of carbonyl (C=O) groups is 1. The lowest BCUT2D eigenvalue weighted by Gasteiger charge is -2.09. The molecule has 0 aromatic heterocycles. The van der Waals surface area contributed by atoms with E-state index in [1.165, 1.54) is 0 Å². The third-order valence-corrected chi connectivity index (χ3v) is 3.01. The molecule has 0 heterocycles. The number of rotatable bonds is 4. The topological polar surface area (TPSA) is 112 Å². The van der Waals surface area contributed by atoms with E-state index in [2.05, 4.69) is 10.6 Å². The van der Waals surface area contributed by atoms with Crippen LogP contribution < -0.4 is 10.6 Å². The van der Waals surface area contributed by atoms with Crippen molar-refractivity contribution in [3.8, 4) is 18.2 Å². The molecule has 6 nitrogen and oxygen atoms in total. The molecule has 1 amide bonds. The minimum atomic E-state index is -0.309. The Morgan fingerprint density at radius 1 is 0.792 bits per heavy atom. The Hall–Kier alpha value is -4.08. The molecule has 6 heteroatoms. The second kappa shape index (κ2) is 7.79. The van der Waals surface area contributed by atoms with E-state index < -0.39 is 0 Å². The molecule has 0 aliphatic rings. The van der Waals surface area contributed by atoms with Gasteiger partial charge in [-0.25, -0.2) is 0 Å². The van der Waals surface area contributed by atoms with E-state index in [-0.39, 0.29) is 17.2 Å². The number of hydrogen-bond donors (Lipinski definition) is 2. The first-order valence-corrected chi connectivity index (χ1v) is 6.86. The summed E-state index contributed by atoms with van der Waals surface area (Å²) in [5, 5.41) is 32.1. The zero-order chi connectivity index (χ0) is 17.4. The van der Waals surface area contributed by atoms with Crippen molar-refractivity contribution in [1.82, 2.24) is 0 Å². The van der Waals surface area contributed by atoms with E-state index >= 15 is 0 Å². The summed E-state index contributed by atoms with van der Waals surface area (Å²) in [5.74, 6) is -0.265. The van der Waals surface area contributed by atoms with Crippen LogP contribution in [0, 0.1) is 34.0 Å². The summed E-state index contributed by atoms with van der Waals surface area (Å²) >= 11 is 0. The summed E-state index contributed by atoms with van der Waals surface area (Å²) in [6.45, 7) is 0. The van der Waals surface area contributed by atoms with Gasteiger partial charge in [0.05, 0.1) is 0 Å². The SMILES string of the molecule is N#CC(C#N)=C(C#N)Nc1cccc(NC(=O)c2ccccc2)c1. The van der Waals surface area contributed by atoms with Crippen LogP contribution in [0.2, 0.25) is 0 Å². The van der Waals surface area contributed by atoms with Crippen molar-refractivity contribution in [2.45, 2.75) is 0 Å². The molecule has 0 atom stereocenters. The van der Waals surface area contributed by atoms with Gasteiger partial charge >= 0.3 is 0 Å². The lowest BCUT2D eigenvalue weighted by molar-refractivity contribution is 0.102. The molecule has 0 spiro atoms. The molecule has 0 bridgehead atoms. The molecule has 0 aliphatic heterocycles. The molecule has 2 aromatic rings. The summed E-state index contributed by atoms with van der Waals surface area (Å²) in [6.07, 6.45) is 0. The molecule has 0 radical (unpaired) electrons. The van der Waals surface area contributed by atoms with Crippen molar-refractivity contribution in [1.29, 1.82) is 15.8 Å². The van der Waals surface area contributed by atoms with E-state index in [9.17, 15) is 4.79 Å². The number of nitrogens with zero attached hydrogens (tertiary/aromatic N) is 3. The van der Waals surface area contributed by atoms with Gasteiger partial charge in [-0.05, 0) is 30.3 Å². The van der Waals surface area contributed by atoms with E-state index in [1.54, 1.807) is 66.7 Å². The maximum atomic E-state index is 12.1. The molecule has 0 unspecified atom stereocenters. The van der Waals surface area contributed by atoms with Crippen LogP contribution in [-0.2, 0) is 0 Å². The number of hydrogen-bond acceptors (Lipinski definition) is 5. The van der Waals surface area contributed by atoms with E-state index in [1.807, 2.05) is 6.07 Å². The largest absolute Gasteiger partial charge is 0.345 e. The number of carbonyl (C=O) groups excluding carboxylic acids is 1. The zero-order valence-corrected chi connectivity index (χ0v) is 12.4. The summed E-state index contributed by atoms with van der Waals surface area (Å²) in [4.78, 5) is 12.1. The molecular formula is C18H11N5O. The van der Waals surface area contributed by atoms with Crippen molar-refractivity contribution in [3.63, 3.8) is 0 Å². The second-order valence-electron chi connectivity index (χ2n) is 4.61. The fourth-order valence-corrected chi connectivity index (χ4v) is 1.89. The van der Waals surface area contributed by atoms with Gasteiger partial charge in [0.1, 0.15) is 23.9 Å². The average molecular weight is 313 g/mol. The first-order chi connectivity index (χ1) is 11.7. The van der Waals surface area contributed by atoms with Gasteiger partial charge in [0.2, 0.25) is 0 Å². The van der Waals surface area contributed by atoms with Crippen LogP contribution in [0.15, 0.2) is 65.9 Å². The molecule has 0 aliphatic carbocycles. The predicted octanol–water partition coefficient (Wildman–Crippen LogP) is 3.18. The lowest BCUT2D eigenvalue weighted by Crippen LogP contribution is -2.11. The van der Waals surface area contributed by atoms with Crippen LogP contribution in [0.1, 0.15) is 10.4 Å². The van der Waals surface area contributed by atoms with Crippen molar-refractivity contribution in [3.05, 3.63) is 71.4 Å². The van der Waals surface area contributed by atoms with Crippen LogP contribution in [0.4, 0.5) is 11.4 Å². The van der Waals surface area contributed by atoms with Crippen molar-refractivity contribution in [2.24, 2.45) is 0 Å². The molecule has 0 saturated heterocycles. The molecule has 0 saturated carbocycles. The fourth-order valence-electron chi connectivity index (χ4n) is 1.89. The number of allylic oxidation sites excluding steroid dienone is 2. The summed E-state index contributed by atoms with van der Waals surface area (Å²) in [7, 11) is 0. The van der Waals surface area contributed by atoms with Gasteiger partial charge in [0.15, 0.2) is 5.57 Å². The van der Waals surface area contributed by atoms with Gasteiger partial charge < -0.3 is 10.6 Å². The van der Waals surface area contributed by atoms with Crippen LogP contribution in [0.5, 0.6) is 0 Å². The molecule has 2 N–H and O–H groups in total. The average Bonchev–Trinajstić information content (AvgIpc) is 2.62. The Kier molecular flexibility index (Phi) is 5.29. The van der Waals surface area contributed by atoms with Crippen LogP contribution >= 0.6 is 0 Å². The molecule has 114 valence electrons. The number of nitrogens with one attached hydrogen (secondary N) is 2. The number of amides is 1. The zero-order valence-electron chi connectivity index (χ0n) is 12.4. The minimum Gasteiger partial charge on any atom is -0.345 e. The van der Waals surface area contributed by atoms with Crippen molar-refractivity contribution < 1.29 is 4.79 Å². The maximum absolute atomic E-state index is 12.1. The van der Waals surface area contributed by atoms with E-state index in [0.717, 1.165) is 0 Å². The lowest BCUT2D eigenvalue weighted by atomic mass is 10.2. The predicted molar refractivity (Wildman–Crippen MR) is 88.3 cm³/mol. The molecule has 2 rings (SSSR count). The Labute approximate surface area is 138 Å². The fraction of sp³-hybridized carbons (Fsp3) is 0. The maximum Gasteiger partial charge on any atom is 0.255 e. The Balaban J connectivity index is 2.20. The van der Waals surface area contributed by atoms with E-state index in [0.29, 0.717) is 16.9 Å². The smallest absolute Gasteiger partial charge is 0.255 e. The Bertz CT molecular complexity index is 895. The van der Waals surface area contributed by atoms with Gasteiger partial charge in [-0.3, -0.25) is 4.79 Å². The third kappa shape index (κ3) is 3.98. The van der Waals surface area contributed by atoms with E-state index in [4.69, 9.17) is 15.8 Å². The highest BCUT2D eigenvalue weighted by atomic mass is 16.1. The van der Waals surface area contributed by atoms with Crippen LogP contribution in [0.3, 0.4) is 0 Å². The van der Waals surface area contributed by atoms with Gasteiger partial charge in [0.25, 0.3) is 5.91 Å².